The lowest BCUT2D eigenvalue weighted by atomic mass is 9.89. The summed E-state index contributed by atoms with van der Waals surface area (Å²) in [5, 5.41) is 0. The minimum absolute atomic E-state index is 0.158. The fourth-order valence-electron chi connectivity index (χ4n) is 2.87. The van der Waals surface area contributed by atoms with E-state index < -0.39 is 0 Å². The largest absolute Gasteiger partial charge is 0.497 e. The van der Waals surface area contributed by atoms with Crippen molar-refractivity contribution < 1.29 is 14.3 Å². The van der Waals surface area contributed by atoms with Gasteiger partial charge in [-0.15, -0.1) is 0 Å². The third-order valence-electron chi connectivity index (χ3n) is 3.80. The van der Waals surface area contributed by atoms with Crippen LogP contribution in [0.3, 0.4) is 0 Å². The first-order chi connectivity index (χ1) is 8.62. The second kappa shape index (κ2) is 3.99. The zero-order valence-corrected chi connectivity index (χ0v) is 10.7. The van der Waals surface area contributed by atoms with Gasteiger partial charge in [0.1, 0.15) is 17.1 Å². The Kier molecular flexibility index (Phi) is 2.55. The van der Waals surface area contributed by atoms with Gasteiger partial charge in [0, 0.05) is 19.5 Å². The molecule has 3 rings (SSSR count). The number of hydrogen-bond donors (Lipinski definition) is 0. The Morgan fingerprint density at radius 1 is 1.44 bits per heavy atom. The number of carbonyl (C=O) groups is 1. The van der Waals surface area contributed by atoms with E-state index in [0.717, 1.165) is 19.5 Å². The van der Waals surface area contributed by atoms with Crippen molar-refractivity contribution in [1.82, 2.24) is 4.90 Å². The van der Waals surface area contributed by atoms with Gasteiger partial charge in [-0.25, -0.2) is 0 Å². The molecule has 1 atom stereocenters. The number of likely N-dealkylation sites (N-methyl/N-ethyl adjacent to an activating group) is 1. The number of fused-ring (bicyclic) bond motifs is 1. The predicted octanol–water partition coefficient (Wildman–Crippen LogP) is 1.73. The van der Waals surface area contributed by atoms with E-state index in [0.29, 0.717) is 23.5 Å². The molecule has 0 bridgehead atoms. The van der Waals surface area contributed by atoms with Crippen LogP contribution in [0.4, 0.5) is 0 Å². The number of ketones is 1. The van der Waals surface area contributed by atoms with Crippen LogP contribution in [0, 0.1) is 0 Å². The molecule has 1 aromatic rings. The van der Waals surface area contributed by atoms with E-state index in [4.69, 9.17) is 9.47 Å². The number of nitrogens with zero attached hydrogens (tertiary/aromatic N) is 1. The second-order valence-electron chi connectivity index (χ2n) is 5.23. The Bertz CT molecular complexity index is 500. The van der Waals surface area contributed by atoms with E-state index in [9.17, 15) is 4.79 Å². The van der Waals surface area contributed by atoms with Crippen LogP contribution in [-0.2, 0) is 0 Å². The molecule has 1 spiro atoms. The molecule has 2 aliphatic heterocycles. The Balaban J connectivity index is 1.96. The maximum absolute atomic E-state index is 12.3. The number of Topliss-reactive ketones (excluding diaryl/α,β-unsaturated/α-hetero) is 1. The molecule has 0 N–H and O–H groups in total. The molecule has 1 unspecified atom stereocenters. The van der Waals surface area contributed by atoms with Crippen LogP contribution in [0.2, 0.25) is 0 Å². The van der Waals surface area contributed by atoms with Crippen LogP contribution in [0.15, 0.2) is 18.2 Å². The summed E-state index contributed by atoms with van der Waals surface area (Å²) in [6, 6.07) is 5.44. The van der Waals surface area contributed by atoms with Crippen molar-refractivity contribution in [2.45, 2.75) is 18.4 Å². The van der Waals surface area contributed by atoms with Crippen LogP contribution in [0.5, 0.6) is 11.5 Å². The van der Waals surface area contributed by atoms with Crippen LogP contribution < -0.4 is 9.47 Å². The number of rotatable bonds is 1. The SMILES string of the molecule is COc1ccc2c(c1)C(=O)CC1(CCN(C)C1)O2. The van der Waals surface area contributed by atoms with Crippen molar-refractivity contribution >= 4 is 5.78 Å². The highest BCUT2D eigenvalue weighted by Gasteiger charge is 2.44. The highest BCUT2D eigenvalue weighted by atomic mass is 16.5. The predicted molar refractivity (Wildman–Crippen MR) is 67.4 cm³/mol. The highest BCUT2D eigenvalue weighted by molar-refractivity contribution is 6.00. The molecule has 1 saturated heterocycles. The van der Waals surface area contributed by atoms with Gasteiger partial charge in [0.2, 0.25) is 0 Å². The zero-order valence-electron chi connectivity index (χ0n) is 10.7. The van der Waals surface area contributed by atoms with Gasteiger partial charge in [-0.05, 0) is 25.2 Å². The molecule has 0 radical (unpaired) electrons. The second-order valence-corrected chi connectivity index (χ2v) is 5.23. The quantitative estimate of drug-likeness (QED) is 0.757. The van der Waals surface area contributed by atoms with Gasteiger partial charge in [0.05, 0.1) is 19.1 Å². The first kappa shape index (κ1) is 11.5. The third-order valence-corrected chi connectivity index (χ3v) is 3.80. The summed E-state index contributed by atoms with van der Waals surface area (Å²) in [5.74, 6) is 1.55. The Hall–Kier alpha value is -1.55. The van der Waals surface area contributed by atoms with Crippen molar-refractivity contribution in [2.24, 2.45) is 0 Å². The van der Waals surface area contributed by atoms with Crippen molar-refractivity contribution in [2.75, 3.05) is 27.2 Å². The van der Waals surface area contributed by atoms with Gasteiger partial charge >= 0.3 is 0 Å². The van der Waals surface area contributed by atoms with Crippen LogP contribution in [-0.4, -0.2) is 43.5 Å². The number of likely N-dealkylation sites (tertiary alicyclic amines) is 1. The maximum atomic E-state index is 12.3. The number of carbonyl (C=O) groups excluding carboxylic acids is 1. The topological polar surface area (TPSA) is 38.8 Å². The van der Waals surface area contributed by atoms with Crippen molar-refractivity contribution in [3.63, 3.8) is 0 Å². The number of methoxy groups -OCH3 is 1. The molecule has 2 heterocycles. The van der Waals surface area contributed by atoms with Crippen molar-refractivity contribution in [1.29, 1.82) is 0 Å². The molecule has 0 aliphatic carbocycles. The summed E-state index contributed by atoms with van der Waals surface area (Å²) in [6.07, 6.45) is 1.39. The van der Waals surface area contributed by atoms with E-state index in [2.05, 4.69) is 11.9 Å². The van der Waals surface area contributed by atoms with Crippen molar-refractivity contribution in [3.05, 3.63) is 23.8 Å². The Labute approximate surface area is 106 Å². The van der Waals surface area contributed by atoms with E-state index in [1.54, 1.807) is 13.2 Å². The van der Waals surface area contributed by atoms with Gasteiger partial charge < -0.3 is 14.4 Å². The summed E-state index contributed by atoms with van der Waals surface area (Å²) in [6.45, 7) is 1.81. The lowest BCUT2D eigenvalue weighted by Gasteiger charge is -2.34. The minimum Gasteiger partial charge on any atom is -0.497 e. The average Bonchev–Trinajstić information content (AvgIpc) is 2.70. The first-order valence-electron chi connectivity index (χ1n) is 6.21. The van der Waals surface area contributed by atoms with Gasteiger partial charge in [0.15, 0.2) is 5.78 Å². The Morgan fingerprint density at radius 2 is 2.28 bits per heavy atom. The molecule has 0 saturated carbocycles. The van der Waals surface area contributed by atoms with Gasteiger partial charge in [-0.2, -0.15) is 0 Å². The molecule has 1 fully saturated rings. The smallest absolute Gasteiger partial charge is 0.170 e. The normalized spacial score (nSPS) is 27.1. The summed E-state index contributed by atoms with van der Waals surface area (Å²) in [7, 11) is 3.66. The Morgan fingerprint density at radius 3 is 2.94 bits per heavy atom. The van der Waals surface area contributed by atoms with Crippen LogP contribution >= 0.6 is 0 Å². The zero-order chi connectivity index (χ0) is 12.8. The molecule has 0 amide bonds. The van der Waals surface area contributed by atoms with E-state index >= 15 is 0 Å². The van der Waals surface area contributed by atoms with Crippen LogP contribution in [0.25, 0.3) is 0 Å². The molecule has 1 aromatic carbocycles. The van der Waals surface area contributed by atoms with Gasteiger partial charge in [-0.3, -0.25) is 4.79 Å². The van der Waals surface area contributed by atoms with Gasteiger partial charge in [-0.1, -0.05) is 0 Å². The highest BCUT2D eigenvalue weighted by Crippen LogP contribution is 2.39. The van der Waals surface area contributed by atoms with Crippen LogP contribution in [0.1, 0.15) is 23.2 Å². The minimum atomic E-state index is -0.312. The monoisotopic (exact) mass is 247 g/mol. The summed E-state index contributed by atoms with van der Waals surface area (Å²) >= 11 is 0. The fourth-order valence-corrected chi connectivity index (χ4v) is 2.87. The van der Waals surface area contributed by atoms with E-state index in [1.165, 1.54) is 0 Å². The summed E-state index contributed by atoms with van der Waals surface area (Å²) in [5.41, 5.74) is 0.336. The third kappa shape index (κ3) is 1.77. The standard InChI is InChI=1S/C14H17NO3/c1-15-6-5-14(9-15)8-12(16)11-7-10(17-2)3-4-13(11)18-14/h3-4,7H,5-6,8-9H2,1-2H3. The fraction of sp³-hybridized carbons (Fsp3) is 0.500. The van der Waals surface area contributed by atoms with Gasteiger partial charge in [0.25, 0.3) is 0 Å². The molecule has 2 aliphatic rings. The number of hydrogen-bond acceptors (Lipinski definition) is 4. The molecule has 0 aromatic heterocycles. The molecule has 4 heteroatoms. The van der Waals surface area contributed by atoms with E-state index in [-0.39, 0.29) is 11.4 Å². The lowest BCUT2D eigenvalue weighted by molar-refractivity contribution is 0.0475. The molecule has 4 nitrogen and oxygen atoms in total. The number of ether oxygens (including phenoxy) is 2. The molecular formula is C14H17NO3. The maximum Gasteiger partial charge on any atom is 0.170 e. The summed E-state index contributed by atoms with van der Waals surface area (Å²) < 4.78 is 11.2. The lowest BCUT2D eigenvalue weighted by Crippen LogP contribution is -2.44. The molecule has 96 valence electrons. The average molecular weight is 247 g/mol. The molecule has 18 heavy (non-hydrogen) atoms. The number of benzene rings is 1. The summed E-state index contributed by atoms with van der Waals surface area (Å²) in [4.78, 5) is 14.5. The molecular weight excluding hydrogens is 230 g/mol. The van der Waals surface area contributed by atoms with E-state index in [1.807, 2.05) is 12.1 Å². The van der Waals surface area contributed by atoms with Crippen molar-refractivity contribution in [3.8, 4) is 11.5 Å². The first-order valence-corrected chi connectivity index (χ1v) is 6.21.